The number of imidazole rings is 1. The Kier molecular flexibility index (Phi) is 3.90. The summed E-state index contributed by atoms with van der Waals surface area (Å²) in [6, 6.07) is 0.425. The molecule has 2 aromatic rings. The lowest BCUT2D eigenvalue weighted by Crippen LogP contribution is -2.39. The van der Waals surface area contributed by atoms with Gasteiger partial charge in [-0.1, -0.05) is 0 Å². The lowest BCUT2D eigenvalue weighted by Gasteiger charge is -2.17. The van der Waals surface area contributed by atoms with Crippen molar-refractivity contribution in [3.05, 3.63) is 27.2 Å². The van der Waals surface area contributed by atoms with Crippen molar-refractivity contribution >= 4 is 11.2 Å². The van der Waals surface area contributed by atoms with Gasteiger partial charge in [-0.15, -0.1) is 0 Å². The molecule has 1 atom stereocenters. The minimum atomic E-state index is -0.547. The lowest BCUT2D eigenvalue weighted by atomic mass is 10.1. The highest BCUT2D eigenvalue weighted by atomic mass is 16.2. The molecule has 1 aliphatic heterocycles. The van der Waals surface area contributed by atoms with Gasteiger partial charge < -0.3 is 16.0 Å². The molecule has 3 rings (SSSR count). The quantitative estimate of drug-likeness (QED) is 0.395. The average Bonchev–Trinajstić information content (AvgIpc) is 2.79. The number of piperidine rings is 1. The van der Waals surface area contributed by atoms with Crippen molar-refractivity contribution < 1.29 is 0 Å². The number of aromatic nitrogens is 4. The third-order valence-electron chi connectivity index (χ3n) is 2.66. The molecule has 8 nitrogen and oxygen atoms in total. The van der Waals surface area contributed by atoms with E-state index in [9.17, 15) is 9.59 Å². The number of fused-ring (bicyclic) bond motifs is 1. The van der Waals surface area contributed by atoms with Crippen LogP contribution in [0.3, 0.4) is 0 Å². The third kappa shape index (κ3) is 3.05. The molecule has 3 heterocycles. The van der Waals surface area contributed by atoms with E-state index in [1.165, 1.54) is 19.2 Å². The van der Waals surface area contributed by atoms with Crippen LogP contribution in [0.25, 0.3) is 11.2 Å². The minimum absolute atomic E-state index is 0.277. The number of nitrogens with zero attached hydrogens (tertiary/aromatic N) is 1. The highest BCUT2D eigenvalue weighted by Gasteiger charge is 2.05. The number of hydrogen-bond donors (Lipinski definition) is 5. The summed E-state index contributed by atoms with van der Waals surface area (Å²) in [6.45, 7) is 2.17. The highest BCUT2D eigenvalue weighted by Crippen LogP contribution is 1.96. The van der Waals surface area contributed by atoms with E-state index in [2.05, 4.69) is 25.3 Å². The minimum Gasteiger partial charge on any atom is -0.339 e. The molecule has 0 unspecified atom stereocenters. The second kappa shape index (κ2) is 5.61. The molecule has 0 aliphatic carbocycles. The summed E-state index contributed by atoms with van der Waals surface area (Å²) in [5.74, 6) is 0. The Bertz CT molecular complexity index is 606. The molecule has 0 amide bonds. The van der Waals surface area contributed by atoms with Gasteiger partial charge in [-0.3, -0.25) is 14.8 Å². The number of aromatic amines is 3. The molecule has 1 aliphatic rings. The van der Waals surface area contributed by atoms with E-state index < -0.39 is 11.2 Å². The monoisotopic (exact) mass is 252 g/mol. The fraction of sp³-hybridized carbons (Fsp3) is 0.500. The first kappa shape index (κ1) is 12.5. The van der Waals surface area contributed by atoms with Gasteiger partial charge in [-0.25, -0.2) is 9.78 Å². The zero-order valence-corrected chi connectivity index (χ0v) is 9.82. The first-order valence-corrected chi connectivity index (χ1v) is 5.79. The van der Waals surface area contributed by atoms with Crippen LogP contribution < -0.4 is 22.3 Å². The normalized spacial score (nSPS) is 19.3. The highest BCUT2D eigenvalue weighted by molar-refractivity contribution is 5.67. The Hall–Kier alpha value is -1.93. The van der Waals surface area contributed by atoms with Crippen molar-refractivity contribution in [3.63, 3.8) is 0 Å². The molecular formula is C10H16N6O2. The van der Waals surface area contributed by atoms with E-state index in [0.717, 1.165) is 13.1 Å². The van der Waals surface area contributed by atoms with Crippen LogP contribution in [0.15, 0.2) is 15.9 Å². The molecule has 8 heteroatoms. The van der Waals surface area contributed by atoms with Crippen LogP contribution in [0.1, 0.15) is 12.8 Å². The second-order valence-corrected chi connectivity index (χ2v) is 4.14. The molecule has 0 spiro atoms. The summed E-state index contributed by atoms with van der Waals surface area (Å²) >= 11 is 0. The fourth-order valence-corrected chi connectivity index (χ4v) is 1.75. The molecule has 98 valence electrons. The summed E-state index contributed by atoms with van der Waals surface area (Å²) in [4.78, 5) is 32.3. The number of rotatable bonds is 0. The van der Waals surface area contributed by atoms with Crippen molar-refractivity contribution in [3.8, 4) is 0 Å². The fourth-order valence-electron chi connectivity index (χ4n) is 1.75. The molecular weight excluding hydrogens is 236 g/mol. The van der Waals surface area contributed by atoms with Gasteiger partial charge in [0.15, 0.2) is 5.65 Å². The Balaban J connectivity index is 0.000000149. The van der Waals surface area contributed by atoms with Gasteiger partial charge in [0, 0.05) is 12.6 Å². The molecule has 6 N–H and O–H groups in total. The second-order valence-electron chi connectivity index (χ2n) is 4.14. The standard InChI is InChI=1S/C5H4N4O2.C5H12N2/c10-4-2-3(7-1-6-2)8-5(11)9-4;6-5-2-1-3-7-4-5/h1H,(H3,6,7,8,9,10,11);5,7H,1-4,6H2/t;5-/m.1/s1. The van der Waals surface area contributed by atoms with Gasteiger partial charge in [-0.05, 0) is 19.4 Å². The van der Waals surface area contributed by atoms with Crippen molar-refractivity contribution in [2.75, 3.05) is 13.1 Å². The zero-order chi connectivity index (χ0) is 13.0. The number of hydrogen-bond acceptors (Lipinski definition) is 5. The van der Waals surface area contributed by atoms with Gasteiger partial charge in [0.25, 0.3) is 5.56 Å². The smallest absolute Gasteiger partial charge is 0.327 e. The predicted molar refractivity (Wildman–Crippen MR) is 67.4 cm³/mol. The molecule has 0 radical (unpaired) electrons. The topological polar surface area (TPSA) is 132 Å². The SMILES string of the molecule is N[C@@H]1CCCNC1.O=c1[nH]c(=O)c2[nH]cnc2[nH]1. The van der Waals surface area contributed by atoms with E-state index in [1.807, 2.05) is 0 Å². The van der Waals surface area contributed by atoms with Gasteiger partial charge >= 0.3 is 5.69 Å². The Labute approximate surface area is 102 Å². The predicted octanol–water partition coefficient (Wildman–Crippen LogP) is -1.36. The summed E-state index contributed by atoms with van der Waals surface area (Å²) in [5, 5.41) is 3.21. The van der Waals surface area contributed by atoms with E-state index in [-0.39, 0.29) is 11.2 Å². The van der Waals surface area contributed by atoms with Crippen molar-refractivity contribution in [1.82, 2.24) is 25.3 Å². The molecule has 18 heavy (non-hydrogen) atoms. The average molecular weight is 252 g/mol. The van der Waals surface area contributed by atoms with Crippen LogP contribution in [-0.4, -0.2) is 39.1 Å². The maximum absolute atomic E-state index is 10.9. The van der Waals surface area contributed by atoms with Crippen LogP contribution in [0.4, 0.5) is 0 Å². The molecule has 0 saturated carbocycles. The van der Waals surface area contributed by atoms with Crippen LogP contribution in [0.5, 0.6) is 0 Å². The number of nitrogens with one attached hydrogen (secondary N) is 4. The van der Waals surface area contributed by atoms with E-state index in [0.29, 0.717) is 6.04 Å². The molecule has 2 aromatic heterocycles. The van der Waals surface area contributed by atoms with Crippen LogP contribution in [-0.2, 0) is 0 Å². The number of nitrogens with two attached hydrogens (primary N) is 1. The van der Waals surface area contributed by atoms with E-state index >= 15 is 0 Å². The summed E-state index contributed by atoms with van der Waals surface area (Å²) < 4.78 is 0. The van der Waals surface area contributed by atoms with Crippen LogP contribution in [0.2, 0.25) is 0 Å². The van der Waals surface area contributed by atoms with Crippen molar-refractivity contribution in [2.24, 2.45) is 5.73 Å². The maximum Gasteiger partial charge on any atom is 0.327 e. The van der Waals surface area contributed by atoms with Gasteiger partial charge in [0.2, 0.25) is 0 Å². The van der Waals surface area contributed by atoms with Crippen molar-refractivity contribution in [1.29, 1.82) is 0 Å². The third-order valence-corrected chi connectivity index (χ3v) is 2.66. The number of H-pyrrole nitrogens is 3. The van der Waals surface area contributed by atoms with Gasteiger partial charge in [0.1, 0.15) is 5.52 Å². The van der Waals surface area contributed by atoms with Gasteiger partial charge in [-0.2, -0.15) is 0 Å². The molecule has 0 bridgehead atoms. The van der Waals surface area contributed by atoms with Crippen LogP contribution in [0, 0.1) is 0 Å². The van der Waals surface area contributed by atoms with Gasteiger partial charge in [0.05, 0.1) is 6.33 Å². The maximum atomic E-state index is 10.9. The summed E-state index contributed by atoms with van der Waals surface area (Å²) in [7, 11) is 0. The zero-order valence-electron chi connectivity index (χ0n) is 9.82. The molecule has 1 saturated heterocycles. The molecule has 1 fully saturated rings. The first-order chi connectivity index (χ1) is 8.66. The lowest BCUT2D eigenvalue weighted by molar-refractivity contribution is 0.459. The van der Waals surface area contributed by atoms with E-state index in [4.69, 9.17) is 5.73 Å². The van der Waals surface area contributed by atoms with Crippen molar-refractivity contribution in [2.45, 2.75) is 18.9 Å². The van der Waals surface area contributed by atoms with E-state index in [1.54, 1.807) is 0 Å². The Morgan fingerprint density at radius 3 is 2.78 bits per heavy atom. The van der Waals surface area contributed by atoms with Crippen LogP contribution >= 0.6 is 0 Å². The molecule has 0 aromatic carbocycles. The first-order valence-electron chi connectivity index (χ1n) is 5.79. The largest absolute Gasteiger partial charge is 0.339 e. The Morgan fingerprint density at radius 1 is 1.33 bits per heavy atom. The summed E-state index contributed by atoms with van der Waals surface area (Å²) in [5.41, 5.74) is 5.13. The Morgan fingerprint density at radius 2 is 2.17 bits per heavy atom. The summed E-state index contributed by atoms with van der Waals surface area (Å²) in [6.07, 6.45) is 3.80.